The Bertz CT molecular complexity index is 900. The number of carbonyl (C=O) groups is 3. The molecule has 10 heteroatoms. The zero-order chi connectivity index (χ0) is 21.0. The Balaban J connectivity index is 1.56. The SMILES string of the molecule is CC(C)n1cnnc1SCC(=O)NN1C(=O)N[C@](C)(CCc2ccccc2)C1=O. The van der Waals surface area contributed by atoms with Gasteiger partial charge in [-0.2, -0.15) is 5.01 Å². The number of urea groups is 1. The maximum absolute atomic E-state index is 12.8. The molecule has 1 aromatic heterocycles. The van der Waals surface area contributed by atoms with Gasteiger partial charge in [-0.1, -0.05) is 42.1 Å². The lowest BCUT2D eigenvalue weighted by atomic mass is 9.93. The van der Waals surface area contributed by atoms with E-state index in [9.17, 15) is 14.4 Å². The molecule has 3 rings (SSSR count). The van der Waals surface area contributed by atoms with E-state index in [1.807, 2.05) is 48.7 Å². The molecular formula is C19H24N6O3S. The van der Waals surface area contributed by atoms with E-state index >= 15 is 0 Å². The van der Waals surface area contributed by atoms with Gasteiger partial charge in [-0.3, -0.25) is 15.0 Å². The molecule has 0 unspecified atom stereocenters. The third-order valence-corrected chi connectivity index (χ3v) is 5.64. The maximum Gasteiger partial charge on any atom is 0.344 e. The molecule has 4 amide bonds. The predicted octanol–water partition coefficient (Wildman–Crippen LogP) is 1.93. The molecule has 1 aliphatic rings. The van der Waals surface area contributed by atoms with Crippen LogP contribution >= 0.6 is 11.8 Å². The van der Waals surface area contributed by atoms with Crippen molar-refractivity contribution in [3.63, 3.8) is 0 Å². The molecule has 0 spiro atoms. The van der Waals surface area contributed by atoms with Crippen molar-refractivity contribution in [1.82, 2.24) is 30.5 Å². The molecule has 2 aromatic rings. The average Bonchev–Trinajstić information content (AvgIpc) is 3.25. The third-order valence-electron chi connectivity index (χ3n) is 4.68. The number of carbonyl (C=O) groups excluding carboxylic acids is 3. The number of imide groups is 1. The van der Waals surface area contributed by atoms with Crippen LogP contribution in [0.2, 0.25) is 0 Å². The van der Waals surface area contributed by atoms with E-state index < -0.39 is 23.4 Å². The minimum absolute atomic E-state index is 0.00318. The number of nitrogens with zero attached hydrogens (tertiary/aromatic N) is 4. The summed E-state index contributed by atoms with van der Waals surface area (Å²) in [5, 5.41) is 11.9. The Morgan fingerprint density at radius 1 is 1.28 bits per heavy atom. The van der Waals surface area contributed by atoms with Crippen molar-refractivity contribution in [3.8, 4) is 0 Å². The molecule has 0 bridgehead atoms. The van der Waals surface area contributed by atoms with Gasteiger partial charge >= 0.3 is 6.03 Å². The van der Waals surface area contributed by atoms with Gasteiger partial charge in [0.15, 0.2) is 5.16 Å². The molecule has 0 radical (unpaired) electrons. The van der Waals surface area contributed by atoms with Crippen LogP contribution in [0.5, 0.6) is 0 Å². The molecular weight excluding hydrogens is 392 g/mol. The van der Waals surface area contributed by atoms with Crippen molar-refractivity contribution in [2.75, 3.05) is 5.75 Å². The van der Waals surface area contributed by atoms with Gasteiger partial charge in [-0.25, -0.2) is 4.79 Å². The Morgan fingerprint density at radius 2 is 2.00 bits per heavy atom. The van der Waals surface area contributed by atoms with Crippen molar-refractivity contribution >= 4 is 29.6 Å². The molecule has 1 aromatic carbocycles. The Morgan fingerprint density at radius 3 is 2.69 bits per heavy atom. The maximum atomic E-state index is 12.8. The van der Waals surface area contributed by atoms with E-state index in [2.05, 4.69) is 20.9 Å². The molecule has 1 atom stereocenters. The van der Waals surface area contributed by atoms with Gasteiger partial charge in [0.1, 0.15) is 11.9 Å². The lowest BCUT2D eigenvalue weighted by molar-refractivity contribution is -0.138. The molecule has 29 heavy (non-hydrogen) atoms. The number of nitrogens with one attached hydrogen (secondary N) is 2. The summed E-state index contributed by atoms with van der Waals surface area (Å²) >= 11 is 1.19. The molecule has 1 aliphatic heterocycles. The quantitative estimate of drug-likeness (QED) is 0.503. The van der Waals surface area contributed by atoms with Crippen LogP contribution in [-0.2, 0) is 16.0 Å². The highest BCUT2D eigenvalue weighted by Crippen LogP contribution is 2.23. The summed E-state index contributed by atoms with van der Waals surface area (Å²) in [5.74, 6) is -0.935. The minimum Gasteiger partial charge on any atom is -0.322 e. The van der Waals surface area contributed by atoms with Gasteiger partial charge in [0, 0.05) is 6.04 Å². The van der Waals surface area contributed by atoms with Crippen molar-refractivity contribution in [2.24, 2.45) is 0 Å². The number of hydrogen-bond donors (Lipinski definition) is 2. The van der Waals surface area contributed by atoms with E-state index in [-0.39, 0.29) is 11.8 Å². The van der Waals surface area contributed by atoms with E-state index in [0.29, 0.717) is 18.0 Å². The van der Waals surface area contributed by atoms with Crippen LogP contribution in [0.25, 0.3) is 0 Å². The van der Waals surface area contributed by atoms with Crippen LogP contribution in [-0.4, -0.2) is 48.9 Å². The number of hydrazine groups is 1. The largest absolute Gasteiger partial charge is 0.344 e. The number of rotatable bonds is 8. The molecule has 1 fully saturated rings. The number of aryl methyl sites for hydroxylation is 1. The minimum atomic E-state index is -1.06. The van der Waals surface area contributed by atoms with Gasteiger partial charge in [0.25, 0.3) is 5.91 Å². The Labute approximate surface area is 173 Å². The zero-order valence-corrected chi connectivity index (χ0v) is 17.4. The number of aromatic nitrogens is 3. The average molecular weight is 417 g/mol. The van der Waals surface area contributed by atoms with Crippen LogP contribution in [0.15, 0.2) is 41.8 Å². The molecule has 1 saturated heterocycles. The summed E-state index contributed by atoms with van der Waals surface area (Å²) in [6.45, 7) is 5.64. The molecule has 0 saturated carbocycles. The smallest absolute Gasteiger partial charge is 0.322 e. The Hall–Kier alpha value is -2.88. The van der Waals surface area contributed by atoms with Crippen LogP contribution in [0.4, 0.5) is 4.79 Å². The first kappa shape index (κ1) is 20.8. The summed E-state index contributed by atoms with van der Waals surface area (Å²) in [7, 11) is 0. The first-order valence-corrected chi connectivity index (χ1v) is 10.3. The van der Waals surface area contributed by atoms with Crippen molar-refractivity contribution in [1.29, 1.82) is 0 Å². The second kappa shape index (κ2) is 8.64. The standard InChI is InChI=1S/C19H24N6O3S/c1-13(2)24-12-20-22-18(24)29-11-15(26)23-25-16(27)19(3,21-17(25)28)10-9-14-7-5-4-6-8-14/h4-8,12-13H,9-11H2,1-3H3,(H,21,28)(H,23,26)/t19-/m1/s1. The van der Waals surface area contributed by atoms with E-state index in [1.165, 1.54) is 11.8 Å². The number of thioether (sulfide) groups is 1. The molecule has 154 valence electrons. The van der Waals surface area contributed by atoms with Crippen LogP contribution < -0.4 is 10.7 Å². The number of amides is 4. The highest BCUT2D eigenvalue weighted by atomic mass is 32.2. The first-order chi connectivity index (χ1) is 13.8. The zero-order valence-electron chi connectivity index (χ0n) is 16.6. The lowest BCUT2D eigenvalue weighted by Gasteiger charge is -2.21. The summed E-state index contributed by atoms with van der Waals surface area (Å²) in [6, 6.07) is 9.25. The first-order valence-electron chi connectivity index (χ1n) is 9.32. The second-order valence-electron chi connectivity index (χ2n) is 7.33. The van der Waals surface area contributed by atoms with E-state index in [0.717, 1.165) is 10.6 Å². The van der Waals surface area contributed by atoms with Crippen molar-refractivity contribution < 1.29 is 14.4 Å². The lowest BCUT2D eigenvalue weighted by Crippen LogP contribution is -2.49. The summed E-state index contributed by atoms with van der Waals surface area (Å²) in [6.07, 6.45) is 2.66. The van der Waals surface area contributed by atoms with Crippen molar-refractivity contribution in [2.45, 2.75) is 50.4 Å². The molecule has 2 N–H and O–H groups in total. The summed E-state index contributed by atoms with van der Waals surface area (Å²) < 4.78 is 1.84. The Kier molecular flexibility index (Phi) is 6.21. The van der Waals surface area contributed by atoms with E-state index in [1.54, 1.807) is 13.3 Å². The third kappa shape index (κ3) is 4.76. The fourth-order valence-electron chi connectivity index (χ4n) is 2.97. The monoisotopic (exact) mass is 416 g/mol. The summed E-state index contributed by atoms with van der Waals surface area (Å²) in [4.78, 5) is 37.3. The topological polar surface area (TPSA) is 109 Å². The van der Waals surface area contributed by atoms with E-state index in [4.69, 9.17) is 0 Å². The van der Waals surface area contributed by atoms with Gasteiger partial charge in [-0.05, 0) is 39.2 Å². The highest BCUT2D eigenvalue weighted by molar-refractivity contribution is 7.99. The highest BCUT2D eigenvalue weighted by Gasteiger charge is 2.48. The fraction of sp³-hybridized carbons (Fsp3) is 0.421. The normalized spacial score (nSPS) is 19.0. The predicted molar refractivity (Wildman–Crippen MR) is 108 cm³/mol. The molecule has 0 aliphatic carbocycles. The number of benzene rings is 1. The van der Waals surface area contributed by atoms with Gasteiger partial charge in [0.2, 0.25) is 5.91 Å². The molecule has 9 nitrogen and oxygen atoms in total. The molecule has 2 heterocycles. The second-order valence-corrected chi connectivity index (χ2v) is 8.27. The van der Waals surface area contributed by atoms with Crippen LogP contribution in [0, 0.1) is 0 Å². The van der Waals surface area contributed by atoms with Gasteiger partial charge in [-0.15, -0.1) is 10.2 Å². The fourth-order valence-corrected chi connectivity index (χ4v) is 3.81. The number of hydrogen-bond acceptors (Lipinski definition) is 6. The van der Waals surface area contributed by atoms with Crippen molar-refractivity contribution in [3.05, 3.63) is 42.2 Å². The van der Waals surface area contributed by atoms with Gasteiger partial charge in [0.05, 0.1) is 5.75 Å². The van der Waals surface area contributed by atoms with Crippen LogP contribution in [0.3, 0.4) is 0 Å². The van der Waals surface area contributed by atoms with Gasteiger partial charge < -0.3 is 9.88 Å². The van der Waals surface area contributed by atoms with Crippen LogP contribution in [0.1, 0.15) is 38.8 Å². The summed E-state index contributed by atoms with van der Waals surface area (Å²) in [5.41, 5.74) is 2.41.